The summed E-state index contributed by atoms with van der Waals surface area (Å²) in [4.78, 5) is 4.19. The third-order valence-electron chi connectivity index (χ3n) is 4.61. The Morgan fingerprint density at radius 3 is 2.76 bits per heavy atom. The Morgan fingerprint density at radius 1 is 1.38 bits per heavy atom. The van der Waals surface area contributed by atoms with Crippen LogP contribution in [-0.2, 0) is 11.2 Å². The Morgan fingerprint density at radius 2 is 2.14 bits per heavy atom. The highest BCUT2D eigenvalue weighted by Crippen LogP contribution is 2.30. The first-order valence-electron chi connectivity index (χ1n) is 8.24. The molecule has 4 nitrogen and oxygen atoms in total. The van der Waals surface area contributed by atoms with Crippen LogP contribution in [0.1, 0.15) is 44.6 Å². The zero-order chi connectivity index (χ0) is 15.1. The number of anilines is 1. The van der Waals surface area contributed by atoms with Gasteiger partial charge in [0, 0.05) is 18.8 Å². The van der Waals surface area contributed by atoms with Gasteiger partial charge in [-0.3, -0.25) is 0 Å². The van der Waals surface area contributed by atoms with Gasteiger partial charge in [-0.15, -0.1) is 0 Å². The molecule has 0 aliphatic heterocycles. The summed E-state index contributed by atoms with van der Waals surface area (Å²) in [6.07, 6.45) is 9.48. The van der Waals surface area contributed by atoms with Crippen molar-refractivity contribution in [3.63, 3.8) is 0 Å². The highest BCUT2D eigenvalue weighted by atomic mass is 16.5. The number of hydrogen-bond donors (Lipinski definition) is 2. The molecule has 0 bridgehead atoms. The predicted molar refractivity (Wildman–Crippen MR) is 87.2 cm³/mol. The van der Waals surface area contributed by atoms with Crippen LogP contribution in [0.5, 0.6) is 0 Å². The maximum absolute atomic E-state index is 6.12. The van der Waals surface area contributed by atoms with Gasteiger partial charge in [0.05, 0.1) is 6.10 Å². The Balaban J connectivity index is 2.09. The van der Waals surface area contributed by atoms with Crippen molar-refractivity contribution in [3.05, 3.63) is 23.9 Å². The molecule has 0 saturated heterocycles. The number of aromatic nitrogens is 1. The number of nitrogens with two attached hydrogens (primary N) is 1. The SMILES string of the molecule is CCOC(C1CCCCC1)C(Cc1cccnc1N)NC. The number of hydrogen-bond acceptors (Lipinski definition) is 4. The molecule has 1 heterocycles. The van der Waals surface area contributed by atoms with Gasteiger partial charge >= 0.3 is 0 Å². The molecule has 0 spiro atoms. The minimum atomic E-state index is 0.264. The number of nitrogens with zero attached hydrogens (tertiary/aromatic N) is 1. The summed E-state index contributed by atoms with van der Waals surface area (Å²) in [6.45, 7) is 2.85. The van der Waals surface area contributed by atoms with E-state index < -0.39 is 0 Å². The van der Waals surface area contributed by atoms with Crippen LogP contribution in [0.25, 0.3) is 0 Å². The molecule has 0 radical (unpaired) electrons. The zero-order valence-electron chi connectivity index (χ0n) is 13.3. The third-order valence-corrected chi connectivity index (χ3v) is 4.61. The molecular formula is C17H29N3O. The summed E-state index contributed by atoms with van der Waals surface area (Å²) < 4.78 is 6.12. The fourth-order valence-electron chi connectivity index (χ4n) is 3.48. The second kappa shape index (κ2) is 8.35. The maximum atomic E-state index is 6.12. The van der Waals surface area contributed by atoms with Gasteiger partial charge in [-0.05, 0) is 50.8 Å². The summed E-state index contributed by atoms with van der Waals surface area (Å²) in [6, 6.07) is 4.31. The molecule has 2 rings (SSSR count). The molecule has 3 N–H and O–H groups in total. The monoisotopic (exact) mass is 291 g/mol. The van der Waals surface area contributed by atoms with Gasteiger partial charge in [-0.1, -0.05) is 25.3 Å². The van der Waals surface area contributed by atoms with E-state index in [1.807, 2.05) is 13.1 Å². The predicted octanol–water partition coefficient (Wildman–Crippen LogP) is 2.78. The van der Waals surface area contributed by atoms with Gasteiger partial charge in [0.15, 0.2) is 0 Å². The normalized spacial score (nSPS) is 19.3. The van der Waals surface area contributed by atoms with E-state index in [1.165, 1.54) is 32.1 Å². The van der Waals surface area contributed by atoms with Crippen molar-refractivity contribution in [2.75, 3.05) is 19.4 Å². The lowest BCUT2D eigenvalue weighted by Gasteiger charge is -2.35. The van der Waals surface area contributed by atoms with Crippen molar-refractivity contribution in [3.8, 4) is 0 Å². The number of rotatable bonds is 7. The molecule has 0 amide bonds. The van der Waals surface area contributed by atoms with Crippen LogP contribution in [0, 0.1) is 5.92 Å². The minimum Gasteiger partial charge on any atom is -0.383 e. The second-order valence-electron chi connectivity index (χ2n) is 5.97. The molecule has 4 heteroatoms. The van der Waals surface area contributed by atoms with Gasteiger partial charge in [0.2, 0.25) is 0 Å². The van der Waals surface area contributed by atoms with Crippen LogP contribution in [0.15, 0.2) is 18.3 Å². The highest BCUT2D eigenvalue weighted by Gasteiger charge is 2.30. The Kier molecular flexibility index (Phi) is 6.46. The van der Waals surface area contributed by atoms with Gasteiger partial charge in [0.1, 0.15) is 5.82 Å². The van der Waals surface area contributed by atoms with E-state index in [9.17, 15) is 0 Å². The Labute approximate surface area is 128 Å². The summed E-state index contributed by atoms with van der Waals surface area (Å²) >= 11 is 0. The third kappa shape index (κ3) is 4.42. The van der Waals surface area contributed by atoms with Crippen molar-refractivity contribution in [1.82, 2.24) is 10.3 Å². The second-order valence-corrected chi connectivity index (χ2v) is 5.97. The zero-order valence-corrected chi connectivity index (χ0v) is 13.3. The molecule has 1 saturated carbocycles. The molecule has 1 aromatic heterocycles. The molecule has 2 atom stereocenters. The summed E-state index contributed by atoms with van der Waals surface area (Å²) in [7, 11) is 2.02. The molecule has 1 fully saturated rings. The lowest BCUT2D eigenvalue weighted by molar-refractivity contribution is -0.0158. The van der Waals surface area contributed by atoms with Crippen LogP contribution >= 0.6 is 0 Å². The standard InChI is InChI=1S/C17H29N3O/c1-3-21-16(13-8-5-4-6-9-13)15(19-2)12-14-10-7-11-20-17(14)18/h7,10-11,13,15-16,19H,3-6,8-9,12H2,1-2H3,(H2,18,20). The van der Waals surface area contributed by atoms with E-state index in [2.05, 4.69) is 23.3 Å². The van der Waals surface area contributed by atoms with Gasteiger partial charge in [-0.25, -0.2) is 4.98 Å². The quantitative estimate of drug-likeness (QED) is 0.811. The van der Waals surface area contributed by atoms with Crippen molar-refractivity contribution < 1.29 is 4.74 Å². The van der Waals surface area contributed by atoms with E-state index in [4.69, 9.17) is 10.5 Å². The van der Waals surface area contributed by atoms with E-state index >= 15 is 0 Å². The number of ether oxygens (including phenoxy) is 1. The first kappa shape index (κ1) is 16.2. The van der Waals surface area contributed by atoms with Crippen LogP contribution in [0.3, 0.4) is 0 Å². The number of nitrogen functional groups attached to an aromatic ring is 1. The maximum Gasteiger partial charge on any atom is 0.126 e. The number of pyridine rings is 1. The van der Waals surface area contributed by atoms with E-state index in [0.29, 0.717) is 17.8 Å². The highest BCUT2D eigenvalue weighted by molar-refractivity contribution is 5.39. The van der Waals surface area contributed by atoms with Crippen LogP contribution in [0.4, 0.5) is 5.82 Å². The Bertz CT molecular complexity index is 418. The number of nitrogens with one attached hydrogen (secondary N) is 1. The Hall–Kier alpha value is -1.13. The van der Waals surface area contributed by atoms with Gasteiger partial charge in [0.25, 0.3) is 0 Å². The van der Waals surface area contributed by atoms with Crippen molar-refractivity contribution in [2.24, 2.45) is 5.92 Å². The molecule has 21 heavy (non-hydrogen) atoms. The smallest absolute Gasteiger partial charge is 0.126 e. The van der Waals surface area contributed by atoms with E-state index in [1.54, 1.807) is 6.20 Å². The molecule has 2 unspecified atom stereocenters. The molecular weight excluding hydrogens is 262 g/mol. The average Bonchev–Trinajstić information content (AvgIpc) is 2.53. The summed E-state index contributed by atoms with van der Waals surface area (Å²) in [5.74, 6) is 1.30. The van der Waals surface area contributed by atoms with E-state index in [0.717, 1.165) is 18.6 Å². The largest absolute Gasteiger partial charge is 0.383 e. The van der Waals surface area contributed by atoms with Crippen LogP contribution in [-0.4, -0.2) is 30.8 Å². The molecule has 1 aliphatic carbocycles. The summed E-state index contributed by atoms with van der Waals surface area (Å²) in [5, 5.41) is 3.45. The first-order valence-corrected chi connectivity index (χ1v) is 8.24. The van der Waals surface area contributed by atoms with Gasteiger partial charge in [-0.2, -0.15) is 0 Å². The lowest BCUT2D eigenvalue weighted by Crippen LogP contribution is -2.46. The molecule has 0 aromatic carbocycles. The molecule has 1 aliphatic rings. The van der Waals surface area contributed by atoms with Crippen LogP contribution < -0.4 is 11.1 Å². The fraction of sp³-hybridized carbons (Fsp3) is 0.706. The van der Waals surface area contributed by atoms with Crippen molar-refractivity contribution in [2.45, 2.75) is 57.6 Å². The fourth-order valence-corrected chi connectivity index (χ4v) is 3.48. The van der Waals surface area contributed by atoms with Crippen LogP contribution in [0.2, 0.25) is 0 Å². The van der Waals surface area contributed by atoms with Crippen molar-refractivity contribution in [1.29, 1.82) is 0 Å². The molecule has 118 valence electrons. The molecule has 1 aromatic rings. The first-order chi connectivity index (χ1) is 10.3. The van der Waals surface area contributed by atoms with Gasteiger partial charge < -0.3 is 15.8 Å². The average molecular weight is 291 g/mol. The van der Waals surface area contributed by atoms with Crippen molar-refractivity contribution >= 4 is 5.82 Å². The topological polar surface area (TPSA) is 60.2 Å². The minimum absolute atomic E-state index is 0.264. The number of likely N-dealkylation sites (N-methyl/N-ethyl adjacent to an activating group) is 1. The summed E-state index contributed by atoms with van der Waals surface area (Å²) in [5.41, 5.74) is 7.11. The lowest BCUT2D eigenvalue weighted by atomic mass is 9.81. The van der Waals surface area contributed by atoms with E-state index in [-0.39, 0.29) is 6.10 Å².